The van der Waals surface area contributed by atoms with Gasteiger partial charge in [-0.25, -0.2) is 0 Å². The highest BCUT2D eigenvalue weighted by Gasteiger charge is 2.42. The zero-order valence-corrected chi connectivity index (χ0v) is 7.01. The number of aliphatic hydroxyl groups excluding tert-OH is 1. The number of nitrogens with zero attached hydrogens (tertiary/aromatic N) is 1. The molecular weight excluding hydrogens is 140 g/mol. The number of piperazine rings is 1. The number of fused-ring (bicyclic) bond motifs is 3. The summed E-state index contributed by atoms with van der Waals surface area (Å²) < 4.78 is 0. The number of likely N-dealkylation sites (N-methyl/N-ethyl adjacent to an activating group) is 1. The lowest BCUT2D eigenvalue weighted by Crippen LogP contribution is -2.69. The molecule has 2 atom stereocenters. The molecule has 3 heterocycles. The van der Waals surface area contributed by atoms with E-state index in [9.17, 15) is 5.11 Å². The first-order valence-electron chi connectivity index (χ1n) is 4.32. The van der Waals surface area contributed by atoms with E-state index in [2.05, 4.69) is 17.3 Å². The average Bonchev–Trinajstić information content (AvgIpc) is 2.06. The number of piperidine rings is 2. The summed E-state index contributed by atoms with van der Waals surface area (Å²) in [6, 6.07) is 0.712. The lowest BCUT2D eigenvalue weighted by atomic mass is 9.82. The molecular formula is C8H16N2O. The molecule has 0 radical (unpaired) electrons. The Balaban J connectivity index is 2.12. The van der Waals surface area contributed by atoms with Crippen molar-refractivity contribution in [2.45, 2.75) is 24.4 Å². The van der Waals surface area contributed by atoms with Crippen molar-refractivity contribution < 1.29 is 5.11 Å². The maximum absolute atomic E-state index is 9.19. The van der Waals surface area contributed by atoms with Gasteiger partial charge in [0.05, 0.1) is 12.1 Å². The van der Waals surface area contributed by atoms with E-state index in [-0.39, 0.29) is 12.1 Å². The van der Waals surface area contributed by atoms with E-state index in [0.29, 0.717) is 6.04 Å². The Morgan fingerprint density at radius 1 is 1.73 bits per heavy atom. The Kier molecular flexibility index (Phi) is 1.67. The van der Waals surface area contributed by atoms with E-state index in [4.69, 9.17) is 0 Å². The second-order valence-electron chi connectivity index (χ2n) is 3.93. The van der Waals surface area contributed by atoms with Crippen molar-refractivity contribution in [2.75, 3.05) is 26.7 Å². The Bertz CT molecular complexity index is 152. The van der Waals surface area contributed by atoms with Crippen molar-refractivity contribution in [3.05, 3.63) is 0 Å². The molecule has 2 unspecified atom stereocenters. The lowest BCUT2D eigenvalue weighted by molar-refractivity contribution is 0.00346. The Morgan fingerprint density at radius 2 is 2.55 bits per heavy atom. The van der Waals surface area contributed by atoms with Gasteiger partial charge in [0.25, 0.3) is 0 Å². The molecule has 11 heavy (non-hydrogen) atoms. The van der Waals surface area contributed by atoms with Crippen LogP contribution in [0.2, 0.25) is 0 Å². The Labute approximate surface area is 67.4 Å². The first-order chi connectivity index (χ1) is 5.26. The third kappa shape index (κ3) is 1.08. The van der Waals surface area contributed by atoms with Crippen molar-refractivity contribution >= 4 is 0 Å². The Morgan fingerprint density at radius 3 is 2.91 bits per heavy atom. The van der Waals surface area contributed by atoms with Crippen molar-refractivity contribution in [2.24, 2.45) is 0 Å². The van der Waals surface area contributed by atoms with Gasteiger partial charge in [-0.3, -0.25) is 0 Å². The maximum Gasteiger partial charge on any atom is 0.0625 e. The summed E-state index contributed by atoms with van der Waals surface area (Å²) in [7, 11) is 2.15. The molecule has 3 fully saturated rings. The molecule has 0 aliphatic carbocycles. The van der Waals surface area contributed by atoms with E-state index in [1.165, 1.54) is 6.42 Å². The zero-order chi connectivity index (χ0) is 7.90. The highest BCUT2D eigenvalue weighted by molar-refractivity contribution is 5.02. The predicted molar refractivity (Wildman–Crippen MR) is 43.5 cm³/mol. The predicted octanol–water partition coefficient (Wildman–Crippen LogP) is -0.585. The van der Waals surface area contributed by atoms with E-state index in [0.717, 1.165) is 19.5 Å². The van der Waals surface area contributed by atoms with Gasteiger partial charge in [0.15, 0.2) is 0 Å². The largest absolute Gasteiger partial charge is 0.394 e. The van der Waals surface area contributed by atoms with Crippen LogP contribution in [0.15, 0.2) is 0 Å². The van der Waals surface area contributed by atoms with Crippen LogP contribution < -0.4 is 5.32 Å². The van der Waals surface area contributed by atoms with Gasteiger partial charge < -0.3 is 15.3 Å². The minimum atomic E-state index is 0.0312. The molecule has 3 nitrogen and oxygen atoms in total. The first-order valence-corrected chi connectivity index (χ1v) is 4.32. The molecule has 0 spiro atoms. The number of hydrogen-bond acceptors (Lipinski definition) is 3. The van der Waals surface area contributed by atoms with Gasteiger partial charge in [-0.15, -0.1) is 0 Å². The molecule has 2 bridgehead atoms. The number of hydrogen-bond donors (Lipinski definition) is 2. The summed E-state index contributed by atoms with van der Waals surface area (Å²) in [5.41, 5.74) is 0.0312. The zero-order valence-electron chi connectivity index (χ0n) is 7.01. The summed E-state index contributed by atoms with van der Waals surface area (Å²) in [6.07, 6.45) is 2.38. The van der Waals surface area contributed by atoms with Crippen molar-refractivity contribution in [3.8, 4) is 0 Å². The van der Waals surface area contributed by atoms with E-state index in [1.54, 1.807) is 0 Å². The summed E-state index contributed by atoms with van der Waals surface area (Å²) in [6.45, 7) is 2.34. The average molecular weight is 156 g/mol. The molecule has 3 rings (SSSR count). The first kappa shape index (κ1) is 7.53. The lowest BCUT2D eigenvalue weighted by Gasteiger charge is -2.51. The summed E-state index contributed by atoms with van der Waals surface area (Å²) in [5, 5.41) is 12.6. The van der Waals surface area contributed by atoms with Crippen LogP contribution in [0.4, 0.5) is 0 Å². The van der Waals surface area contributed by atoms with Crippen LogP contribution in [-0.2, 0) is 0 Å². The standard InChI is InChI=1S/C8H16N2O/c1-10-5-8(6-11)3-2-7(10)4-9-8/h7,9,11H,2-6H2,1H3. The van der Waals surface area contributed by atoms with Gasteiger partial charge in [0.1, 0.15) is 0 Å². The van der Waals surface area contributed by atoms with Gasteiger partial charge in [-0.2, -0.15) is 0 Å². The van der Waals surface area contributed by atoms with Gasteiger partial charge in [0, 0.05) is 19.1 Å². The number of nitrogens with one attached hydrogen (secondary N) is 1. The van der Waals surface area contributed by atoms with Crippen LogP contribution in [0.1, 0.15) is 12.8 Å². The van der Waals surface area contributed by atoms with Crippen LogP contribution in [0.25, 0.3) is 0 Å². The number of aliphatic hydroxyl groups is 1. The van der Waals surface area contributed by atoms with Gasteiger partial charge in [-0.05, 0) is 19.9 Å². The van der Waals surface area contributed by atoms with Crippen LogP contribution >= 0.6 is 0 Å². The van der Waals surface area contributed by atoms with E-state index >= 15 is 0 Å². The van der Waals surface area contributed by atoms with Gasteiger partial charge in [-0.1, -0.05) is 0 Å². The fourth-order valence-electron chi connectivity index (χ4n) is 2.27. The third-order valence-electron chi connectivity index (χ3n) is 3.15. The summed E-state index contributed by atoms with van der Waals surface area (Å²) in [5.74, 6) is 0. The maximum atomic E-state index is 9.19. The second-order valence-corrected chi connectivity index (χ2v) is 3.93. The van der Waals surface area contributed by atoms with Crippen molar-refractivity contribution in [3.63, 3.8) is 0 Å². The van der Waals surface area contributed by atoms with Crippen molar-refractivity contribution in [1.82, 2.24) is 10.2 Å². The molecule has 0 amide bonds. The molecule has 3 aliphatic heterocycles. The minimum Gasteiger partial charge on any atom is -0.394 e. The topological polar surface area (TPSA) is 35.5 Å². The molecule has 0 aromatic carbocycles. The van der Waals surface area contributed by atoms with Crippen LogP contribution in [0, 0.1) is 0 Å². The molecule has 64 valence electrons. The highest BCUT2D eigenvalue weighted by atomic mass is 16.3. The van der Waals surface area contributed by atoms with E-state index < -0.39 is 0 Å². The molecule has 3 saturated heterocycles. The molecule has 3 aliphatic rings. The van der Waals surface area contributed by atoms with Gasteiger partial charge >= 0.3 is 0 Å². The normalized spacial score (nSPS) is 44.7. The monoisotopic (exact) mass is 156 g/mol. The van der Waals surface area contributed by atoms with Crippen molar-refractivity contribution in [1.29, 1.82) is 0 Å². The summed E-state index contributed by atoms with van der Waals surface area (Å²) in [4.78, 5) is 2.36. The van der Waals surface area contributed by atoms with Crippen LogP contribution in [-0.4, -0.2) is 48.3 Å². The minimum absolute atomic E-state index is 0.0312. The SMILES string of the molecule is CN1CC2(CO)CCC1CN2. The third-order valence-corrected chi connectivity index (χ3v) is 3.15. The molecule has 0 aromatic heterocycles. The van der Waals surface area contributed by atoms with E-state index in [1.807, 2.05) is 0 Å². The van der Waals surface area contributed by atoms with Gasteiger partial charge in [0.2, 0.25) is 0 Å². The second kappa shape index (κ2) is 2.44. The smallest absolute Gasteiger partial charge is 0.0625 e. The molecule has 2 N–H and O–H groups in total. The molecule has 0 saturated carbocycles. The van der Waals surface area contributed by atoms with Crippen LogP contribution in [0.5, 0.6) is 0 Å². The van der Waals surface area contributed by atoms with Crippen LogP contribution in [0.3, 0.4) is 0 Å². The highest BCUT2D eigenvalue weighted by Crippen LogP contribution is 2.28. The number of rotatable bonds is 1. The quantitative estimate of drug-likeness (QED) is 0.533. The fourth-order valence-corrected chi connectivity index (χ4v) is 2.27. The molecule has 3 heteroatoms. The molecule has 0 aromatic rings. The fraction of sp³-hybridized carbons (Fsp3) is 1.00. The summed E-state index contributed by atoms with van der Waals surface area (Å²) >= 11 is 0. The Hall–Kier alpha value is -0.120.